The molecule has 0 radical (unpaired) electrons. The number of anilines is 1. The standard InChI is InChI=1S/C7H6O6S.C5H5N5.H2O/c8-7(9)5-3-1-2-4-6(5)13-14(10,11)12;6-4-3-5(9-1-7-3)10-2-8-4;/h1-4H,(H,8,9)(H,10,11,12);1-2H,(H3,6,7,8,9,10);1H2. The van der Waals surface area contributed by atoms with Gasteiger partial charge in [-0.15, -0.1) is 0 Å². The summed E-state index contributed by atoms with van der Waals surface area (Å²) in [6.07, 6.45) is 3.08. The predicted octanol–water partition coefficient (Wildman–Crippen LogP) is -2.24. The lowest BCUT2D eigenvalue weighted by Crippen LogP contribution is -2.23. The SMILES string of the molecule is Nc1nc[nH+]c2nc[nH]c12.O.O=C([O-])c1ccccc1OS(=O)(=O)O. The van der Waals surface area contributed by atoms with Gasteiger partial charge in [-0.3, -0.25) is 4.55 Å². The normalized spacial score (nSPS) is 10.3. The number of aromatic carboxylic acids is 1. The summed E-state index contributed by atoms with van der Waals surface area (Å²) in [6, 6.07) is 4.89. The Labute approximate surface area is 140 Å². The molecule has 0 spiro atoms. The number of carbonyl (C=O) groups is 1. The van der Waals surface area contributed by atoms with Gasteiger partial charge in [-0.05, 0) is 12.1 Å². The van der Waals surface area contributed by atoms with Crippen LogP contribution < -0.4 is 20.0 Å². The Bertz CT molecular complexity index is 973. The molecule has 0 saturated heterocycles. The number of rotatable bonds is 3. The van der Waals surface area contributed by atoms with Crippen LogP contribution in [0.15, 0.2) is 36.9 Å². The van der Waals surface area contributed by atoms with Crippen LogP contribution >= 0.6 is 0 Å². The van der Waals surface area contributed by atoms with Gasteiger partial charge >= 0.3 is 10.4 Å². The van der Waals surface area contributed by atoms with Crippen molar-refractivity contribution in [3.8, 4) is 5.75 Å². The number of fused-ring (bicyclic) bond motifs is 1. The third kappa shape index (κ3) is 5.38. The van der Waals surface area contributed by atoms with Crippen molar-refractivity contribution in [3.05, 3.63) is 42.5 Å². The fourth-order valence-electron chi connectivity index (χ4n) is 1.65. The minimum absolute atomic E-state index is 0. The van der Waals surface area contributed by atoms with Crippen molar-refractivity contribution in [1.29, 1.82) is 0 Å². The van der Waals surface area contributed by atoms with Crippen molar-refractivity contribution < 1.29 is 37.5 Å². The van der Waals surface area contributed by atoms with E-state index in [1.165, 1.54) is 18.5 Å². The molecule has 0 bridgehead atoms. The number of nitrogens with two attached hydrogens (primary N) is 1. The number of carboxylic acids is 1. The van der Waals surface area contributed by atoms with Crippen molar-refractivity contribution in [2.75, 3.05) is 5.73 Å². The fraction of sp³-hybridized carbons (Fsp3) is 0. The molecular formula is C12H13N5O7S. The molecule has 1 aromatic carbocycles. The number of benzene rings is 1. The largest absolute Gasteiger partial charge is 0.545 e. The second-order valence-electron chi connectivity index (χ2n) is 4.21. The molecule has 3 rings (SSSR count). The number of imidazole rings is 1. The summed E-state index contributed by atoms with van der Waals surface area (Å²) in [5, 5.41) is 10.4. The lowest BCUT2D eigenvalue weighted by molar-refractivity contribution is -0.352. The van der Waals surface area contributed by atoms with E-state index in [9.17, 15) is 18.3 Å². The predicted molar refractivity (Wildman–Crippen MR) is 81.4 cm³/mol. The van der Waals surface area contributed by atoms with Gasteiger partial charge in [0.2, 0.25) is 12.1 Å². The summed E-state index contributed by atoms with van der Waals surface area (Å²) in [5.41, 5.74) is 6.53. The molecule has 0 aliphatic heterocycles. The first-order valence-corrected chi connectivity index (χ1v) is 7.57. The van der Waals surface area contributed by atoms with E-state index in [0.717, 1.165) is 23.3 Å². The van der Waals surface area contributed by atoms with Crippen LogP contribution in [0.25, 0.3) is 11.2 Å². The highest BCUT2D eigenvalue weighted by Crippen LogP contribution is 2.18. The van der Waals surface area contributed by atoms with Gasteiger partial charge in [-0.2, -0.15) is 8.42 Å². The van der Waals surface area contributed by atoms with E-state index in [-0.39, 0.29) is 5.48 Å². The number of aromatic amines is 2. The smallest absolute Gasteiger partial charge is 0.446 e. The Morgan fingerprint density at radius 3 is 2.60 bits per heavy atom. The maximum absolute atomic E-state index is 10.4. The van der Waals surface area contributed by atoms with Gasteiger partial charge in [0.25, 0.3) is 5.65 Å². The summed E-state index contributed by atoms with van der Waals surface area (Å²) in [4.78, 5) is 23.9. The molecule has 0 saturated carbocycles. The molecule has 3 aromatic rings. The fourth-order valence-corrected chi connectivity index (χ4v) is 2.02. The third-order valence-electron chi connectivity index (χ3n) is 2.60. The number of carboxylic acid groups (broad SMARTS) is 1. The van der Waals surface area contributed by atoms with Crippen molar-refractivity contribution in [2.24, 2.45) is 0 Å². The van der Waals surface area contributed by atoms with Crippen molar-refractivity contribution in [1.82, 2.24) is 15.0 Å². The van der Waals surface area contributed by atoms with E-state index in [0.29, 0.717) is 5.82 Å². The topological polar surface area (TPSA) is 217 Å². The molecule has 2 heterocycles. The number of H-pyrrole nitrogens is 2. The summed E-state index contributed by atoms with van der Waals surface area (Å²) in [7, 11) is -4.72. The Kier molecular flexibility index (Phi) is 6.32. The van der Waals surface area contributed by atoms with Crippen molar-refractivity contribution >= 4 is 33.4 Å². The molecule has 0 unspecified atom stereocenters. The molecule has 13 heteroatoms. The molecule has 0 amide bonds. The number of hydrogen-bond donors (Lipinski definition) is 3. The minimum Gasteiger partial charge on any atom is -0.545 e. The molecule has 25 heavy (non-hydrogen) atoms. The molecule has 7 N–H and O–H groups in total. The van der Waals surface area contributed by atoms with Crippen LogP contribution in [0.3, 0.4) is 0 Å². The van der Waals surface area contributed by atoms with E-state index in [1.807, 2.05) is 0 Å². The Morgan fingerprint density at radius 2 is 2.00 bits per heavy atom. The summed E-state index contributed by atoms with van der Waals surface area (Å²) in [5.74, 6) is -1.62. The van der Waals surface area contributed by atoms with Crippen LogP contribution in [0.5, 0.6) is 5.75 Å². The highest BCUT2D eigenvalue weighted by atomic mass is 32.3. The molecular weight excluding hydrogens is 358 g/mol. The Balaban J connectivity index is 0.000000251. The number of aromatic nitrogens is 4. The second-order valence-corrected chi connectivity index (χ2v) is 5.23. The van der Waals surface area contributed by atoms with E-state index in [1.54, 1.807) is 6.33 Å². The van der Waals surface area contributed by atoms with Crippen molar-refractivity contribution in [2.45, 2.75) is 0 Å². The van der Waals surface area contributed by atoms with Gasteiger partial charge < -0.3 is 30.3 Å². The lowest BCUT2D eigenvalue weighted by atomic mass is 10.2. The average molecular weight is 371 g/mol. The molecule has 134 valence electrons. The second kappa shape index (κ2) is 8.00. The van der Waals surface area contributed by atoms with Gasteiger partial charge in [-0.1, -0.05) is 22.1 Å². The Hall–Kier alpha value is -3.29. The maximum Gasteiger partial charge on any atom is 0.446 e. The summed E-state index contributed by atoms with van der Waals surface area (Å²) < 4.78 is 32.9. The van der Waals surface area contributed by atoms with Crippen molar-refractivity contribution in [3.63, 3.8) is 0 Å². The molecule has 0 aliphatic carbocycles. The molecule has 0 fully saturated rings. The highest BCUT2D eigenvalue weighted by Gasteiger charge is 2.11. The van der Waals surface area contributed by atoms with Gasteiger partial charge in [-0.25, -0.2) is 4.98 Å². The van der Waals surface area contributed by atoms with Gasteiger partial charge in [0.15, 0.2) is 17.6 Å². The number of nitrogens with one attached hydrogen (secondary N) is 2. The highest BCUT2D eigenvalue weighted by molar-refractivity contribution is 7.81. The number of nitrogen functional groups attached to an aromatic ring is 1. The zero-order chi connectivity index (χ0) is 17.7. The van der Waals surface area contributed by atoms with Gasteiger partial charge in [0, 0.05) is 5.56 Å². The quantitative estimate of drug-likeness (QED) is 0.423. The zero-order valence-corrected chi connectivity index (χ0v) is 13.1. The van der Waals surface area contributed by atoms with Crippen LogP contribution in [0, 0.1) is 0 Å². The van der Waals surface area contributed by atoms with Crippen LogP contribution in [-0.2, 0) is 10.4 Å². The minimum atomic E-state index is -4.72. The summed E-state index contributed by atoms with van der Waals surface area (Å²) in [6.45, 7) is 0. The molecule has 2 aromatic heterocycles. The summed E-state index contributed by atoms with van der Waals surface area (Å²) >= 11 is 0. The third-order valence-corrected chi connectivity index (χ3v) is 2.99. The van der Waals surface area contributed by atoms with Crippen LogP contribution in [0.1, 0.15) is 10.4 Å². The lowest BCUT2D eigenvalue weighted by Gasteiger charge is -2.08. The van der Waals surface area contributed by atoms with E-state index >= 15 is 0 Å². The van der Waals surface area contributed by atoms with E-state index < -0.39 is 27.7 Å². The number of hydrogen-bond acceptors (Lipinski definition) is 8. The maximum atomic E-state index is 10.4. The van der Waals surface area contributed by atoms with Gasteiger partial charge in [0.1, 0.15) is 0 Å². The van der Waals surface area contributed by atoms with Crippen LogP contribution in [-0.4, -0.2) is 39.4 Å². The zero-order valence-electron chi connectivity index (χ0n) is 12.3. The first-order chi connectivity index (χ1) is 11.3. The molecule has 0 atom stereocenters. The molecule has 12 nitrogen and oxygen atoms in total. The first-order valence-electron chi connectivity index (χ1n) is 6.20. The number of nitrogens with zero attached hydrogens (tertiary/aromatic N) is 2. The van der Waals surface area contributed by atoms with Crippen LogP contribution in [0.2, 0.25) is 0 Å². The Morgan fingerprint density at radius 1 is 1.32 bits per heavy atom. The van der Waals surface area contributed by atoms with E-state index in [2.05, 4.69) is 24.1 Å². The molecule has 0 aliphatic rings. The number of para-hydroxylation sites is 1. The average Bonchev–Trinajstić information content (AvgIpc) is 2.96. The monoisotopic (exact) mass is 371 g/mol. The number of carbonyl (C=O) groups excluding carboxylic acids is 1. The van der Waals surface area contributed by atoms with Crippen LogP contribution in [0.4, 0.5) is 5.82 Å². The van der Waals surface area contributed by atoms with Gasteiger partial charge in [0.05, 0.1) is 5.97 Å². The van der Waals surface area contributed by atoms with E-state index in [4.69, 9.17) is 10.3 Å². The first kappa shape index (κ1) is 19.8.